The van der Waals surface area contributed by atoms with Crippen molar-refractivity contribution in [2.75, 3.05) is 6.61 Å². The maximum absolute atomic E-state index is 11.1. The summed E-state index contributed by atoms with van der Waals surface area (Å²) in [5.41, 5.74) is 5.40. The molecule has 0 aliphatic heterocycles. The Bertz CT molecular complexity index is 1110. The van der Waals surface area contributed by atoms with Gasteiger partial charge in [0.15, 0.2) is 5.78 Å². The molecule has 0 unspecified atom stereocenters. The molecule has 0 bridgehead atoms. The Morgan fingerprint density at radius 2 is 1.58 bits per heavy atom. The highest BCUT2D eigenvalue weighted by Gasteiger charge is 2.11. The van der Waals surface area contributed by atoms with Crippen molar-refractivity contribution in [3.8, 4) is 28.4 Å². The smallest absolute Gasteiger partial charge is 0.167 e. The third-order valence-electron chi connectivity index (χ3n) is 4.96. The second-order valence-electron chi connectivity index (χ2n) is 7.51. The van der Waals surface area contributed by atoms with E-state index in [0.29, 0.717) is 12.4 Å². The fraction of sp³-hybridized carbons (Fsp3) is 0.148. The van der Waals surface area contributed by atoms with Crippen LogP contribution >= 0.6 is 0 Å². The maximum Gasteiger partial charge on any atom is 0.167 e. The summed E-state index contributed by atoms with van der Waals surface area (Å²) >= 11 is 0. The first-order valence-electron chi connectivity index (χ1n) is 10.3. The predicted octanol–water partition coefficient (Wildman–Crippen LogP) is 6.00. The van der Waals surface area contributed by atoms with Crippen molar-refractivity contribution in [2.24, 2.45) is 0 Å². The molecule has 4 rings (SSSR count). The van der Waals surface area contributed by atoms with E-state index < -0.39 is 0 Å². The van der Waals surface area contributed by atoms with Gasteiger partial charge in [-0.15, -0.1) is 0 Å². The average Bonchev–Trinajstić information content (AvgIpc) is 3.22. The molecule has 31 heavy (non-hydrogen) atoms. The number of Topliss-reactive ketones (excluding diaryl/α,β-unsaturated/α-hetero) is 1. The minimum Gasteiger partial charge on any atom is -0.489 e. The molecule has 0 aliphatic carbocycles. The lowest BCUT2D eigenvalue weighted by Gasteiger charge is -2.10. The van der Waals surface area contributed by atoms with Crippen molar-refractivity contribution in [3.05, 3.63) is 102 Å². The summed E-state index contributed by atoms with van der Waals surface area (Å²) in [4.78, 5) is 11.1. The first-order valence-corrected chi connectivity index (χ1v) is 10.3. The van der Waals surface area contributed by atoms with Gasteiger partial charge in [0.05, 0.1) is 5.69 Å². The monoisotopic (exact) mass is 411 g/mol. The van der Waals surface area contributed by atoms with Crippen LogP contribution in [0.2, 0.25) is 0 Å². The Labute approximate surface area is 182 Å². The molecule has 0 fully saturated rings. The number of carbonyl (C=O) groups is 1. The normalized spacial score (nSPS) is 10.6. The molecule has 0 amide bonds. The van der Waals surface area contributed by atoms with Gasteiger partial charge in [0.1, 0.15) is 24.7 Å². The van der Waals surface area contributed by atoms with Gasteiger partial charge >= 0.3 is 0 Å². The number of ether oxygens (including phenoxy) is 2. The molecule has 1 heterocycles. The Kier molecular flexibility index (Phi) is 6.18. The van der Waals surface area contributed by atoms with Gasteiger partial charge in [-0.25, -0.2) is 0 Å². The SMILES string of the molecule is CC(=O)COc1ccc(OCc2cc(-c3ccccc3)n(-c3ccccc3)c2)cc1C. The van der Waals surface area contributed by atoms with Gasteiger partial charge in [-0.2, -0.15) is 0 Å². The summed E-state index contributed by atoms with van der Waals surface area (Å²) in [6.45, 7) is 3.99. The van der Waals surface area contributed by atoms with Gasteiger partial charge in [-0.3, -0.25) is 4.79 Å². The molecule has 0 aliphatic rings. The minimum absolute atomic E-state index is 0.00289. The molecule has 0 saturated carbocycles. The number of carbonyl (C=O) groups excluding carboxylic acids is 1. The summed E-state index contributed by atoms with van der Waals surface area (Å²) in [5.74, 6) is 1.46. The van der Waals surface area contributed by atoms with Crippen molar-refractivity contribution in [1.82, 2.24) is 4.57 Å². The number of aromatic nitrogens is 1. The van der Waals surface area contributed by atoms with Crippen LogP contribution in [0.15, 0.2) is 91.1 Å². The number of aryl methyl sites for hydroxylation is 1. The number of ketones is 1. The molecule has 4 nitrogen and oxygen atoms in total. The number of nitrogens with zero attached hydrogens (tertiary/aromatic N) is 1. The highest BCUT2D eigenvalue weighted by atomic mass is 16.5. The van der Waals surface area contributed by atoms with Crippen LogP contribution in [0.5, 0.6) is 11.5 Å². The average molecular weight is 412 g/mol. The number of hydrogen-bond acceptors (Lipinski definition) is 3. The zero-order valence-corrected chi connectivity index (χ0v) is 17.7. The molecule has 4 aromatic rings. The van der Waals surface area contributed by atoms with E-state index in [1.807, 2.05) is 61.5 Å². The Balaban J connectivity index is 1.55. The third-order valence-corrected chi connectivity index (χ3v) is 4.96. The number of hydrogen-bond donors (Lipinski definition) is 0. The van der Waals surface area contributed by atoms with Crippen molar-refractivity contribution < 1.29 is 14.3 Å². The van der Waals surface area contributed by atoms with E-state index in [-0.39, 0.29) is 12.4 Å². The topological polar surface area (TPSA) is 40.5 Å². The third kappa shape index (κ3) is 5.04. The molecule has 0 saturated heterocycles. The van der Waals surface area contributed by atoms with Crippen LogP contribution in [0.25, 0.3) is 16.9 Å². The van der Waals surface area contributed by atoms with Gasteiger partial charge < -0.3 is 14.0 Å². The summed E-state index contributed by atoms with van der Waals surface area (Å²) in [5, 5.41) is 0. The lowest BCUT2D eigenvalue weighted by atomic mass is 10.1. The maximum atomic E-state index is 11.1. The van der Waals surface area contributed by atoms with Gasteiger partial charge in [0, 0.05) is 17.4 Å². The predicted molar refractivity (Wildman–Crippen MR) is 123 cm³/mol. The first kappa shape index (κ1) is 20.5. The summed E-state index contributed by atoms with van der Waals surface area (Å²) in [7, 11) is 0. The zero-order valence-electron chi connectivity index (χ0n) is 17.7. The van der Waals surface area contributed by atoms with E-state index in [4.69, 9.17) is 9.47 Å². The highest BCUT2D eigenvalue weighted by Crippen LogP contribution is 2.28. The molecule has 4 heteroatoms. The van der Waals surface area contributed by atoms with Gasteiger partial charge in [0.25, 0.3) is 0 Å². The van der Waals surface area contributed by atoms with Gasteiger partial charge in [-0.1, -0.05) is 48.5 Å². The first-order chi connectivity index (χ1) is 15.1. The molecular formula is C27H25NO3. The highest BCUT2D eigenvalue weighted by molar-refractivity contribution is 5.77. The van der Waals surface area contributed by atoms with Crippen molar-refractivity contribution >= 4 is 5.78 Å². The molecule has 3 aromatic carbocycles. The lowest BCUT2D eigenvalue weighted by Crippen LogP contribution is -2.07. The van der Waals surface area contributed by atoms with Gasteiger partial charge in [-0.05, 0) is 61.4 Å². The zero-order chi connectivity index (χ0) is 21.6. The van der Waals surface area contributed by atoms with E-state index in [9.17, 15) is 4.79 Å². The summed E-state index contributed by atoms with van der Waals surface area (Å²) in [6, 6.07) is 28.5. The molecule has 156 valence electrons. The Morgan fingerprint density at radius 3 is 2.26 bits per heavy atom. The van der Waals surface area contributed by atoms with E-state index in [2.05, 4.69) is 41.1 Å². The molecule has 0 N–H and O–H groups in total. The van der Waals surface area contributed by atoms with Crippen LogP contribution in [-0.2, 0) is 11.4 Å². The summed E-state index contributed by atoms with van der Waals surface area (Å²) in [6.07, 6.45) is 2.12. The van der Waals surface area contributed by atoms with Crippen LogP contribution < -0.4 is 9.47 Å². The van der Waals surface area contributed by atoms with Crippen molar-refractivity contribution in [2.45, 2.75) is 20.5 Å². The van der Waals surface area contributed by atoms with E-state index in [1.165, 1.54) is 6.92 Å². The number of benzene rings is 3. The van der Waals surface area contributed by atoms with Crippen molar-refractivity contribution in [3.63, 3.8) is 0 Å². The second-order valence-corrected chi connectivity index (χ2v) is 7.51. The second kappa shape index (κ2) is 9.35. The van der Waals surface area contributed by atoms with Crippen molar-refractivity contribution in [1.29, 1.82) is 0 Å². The summed E-state index contributed by atoms with van der Waals surface area (Å²) < 4.78 is 13.8. The Hall–Kier alpha value is -3.79. The molecule has 0 spiro atoms. The molecule has 1 aromatic heterocycles. The Morgan fingerprint density at radius 1 is 0.871 bits per heavy atom. The largest absolute Gasteiger partial charge is 0.489 e. The van der Waals surface area contributed by atoms with E-state index in [0.717, 1.165) is 33.8 Å². The number of rotatable bonds is 8. The van der Waals surface area contributed by atoms with Crippen LogP contribution in [0.1, 0.15) is 18.1 Å². The fourth-order valence-corrected chi connectivity index (χ4v) is 3.45. The van der Waals surface area contributed by atoms with Crippen LogP contribution in [0, 0.1) is 6.92 Å². The molecular weight excluding hydrogens is 386 g/mol. The molecule has 0 radical (unpaired) electrons. The van der Waals surface area contributed by atoms with Crippen LogP contribution in [-0.4, -0.2) is 17.0 Å². The number of para-hydroxylation sites is 1. The molecule has 0 atom stereocenters. The minimum atomic E-state index is -0.00289. The van der Waals surface area contributed by atoms with E-state index >= 15 is 0 Å². The lowest BCUT2D eigenvalue weighted by molar-refractivity contribution is -0.118. The van der Waals surface area contributed by atoms with Crippen LogP contribution in [0.4, 0.5) is 0 Å². The van der Waals surface area contributed by atoms with Gasteiger partial charge in [0.2, 0.25) is 0 Å². The fourth-order valence-electron chi connectivity index (χ4n) is 3.45. The van der Waals surface area contributed by atoms with Crippen LogP contribution in [0.3, 0.4) is 0 Å². The van der Waals surface area contributed by atoms with E-state index in [1.54, 1.807) is 0 Å². The standard InChI is InChI=1S/C27H25NO3/c1-20-15-25(13-14-27(20)31-18-21(2)29)30-19-22-16-26(23-9-5-3-6-10-23)28(17-22)24-11-7-4-8-12-24/h3-17H,18-19H2,1-2H3. The quantitative estimate of drug-likeness (QED) is 0.357.